The van der Waals surface area contributed by atoms with Crippen LogP contribution in [-0.4, -0.2) is 22.1 Å². The smallest absolute Gasteiger partial charge is 0.246 e. The normalized spacial score (nSPS) is 14.1. The van der Waals surface area contributed by atoms with Gasteiger partial charge in [-0.3, -0.25) is 4.79 Å². The zero-order valence-electron chi connectivity index (χ0n) is 11.9. The van der Waals surface area contributed by atoms with Gasteiger partial charge in [-0.2, -0.15) is 0 Å². The quantitative estimate of drug-likeness (QED) is 0.847. The minimum Gasteiger partial charge on any atom is -0.367 e. The van der Waals surface area contributed by atoms with Gasteiger partial charge in [0, 0.05) is 12.2 Å². The highest BCUT2D eigenvalue weighted by atomic mass is 16.5. The van der Waals surface area contributed by atoms with Crippen LogP contribution < -0.4 is 5.32 Å². The van der Waals surface area contributed by atoms with Crippen molar-refractivity contribution in [2.24, 2.45) is 0 Å². The summed E-state index contributed by atoms with van der Waals surface area (Å²) < 4.78 is 7.55. The Morgan fingerprint density at radius 2 is 2.14 bits per heavy atom. The van der Waals surface area contributed by atoms with Gasteiger partial charge in [0.2, 0.25) is 5.91 Å². The highest BCUT2D eigenvalue weighted by Crippen LogP contribution is 2.35. The number of hydrogen-bond donors (Lipinski definition) is 1. The number of rotatable bonds is 7. The summed E-state index contributed by atoms with van der Waals surface area (Å²) in [4.78, 5) is 15.9. The first-order chi connectivity index (χ1) is 10.3. The molecule has 5 nitrogen and oxygen atoms in total. The van der Waals surface area contributed by atoms with Gasteiger partial charge in [-0.1, -0.05) is 30.3 Å². The molecule has 2 aromatic rings. The van der Waals surface area contributed by atoms with Crippen molar-refractivity contribution in [2.75, 3.05) is 6.61 Å². The fourth-order valence-electron chi connectivity index (χ4n) is 2.23. The lowest BCUT2D eigenvalue weighted by molar-refractivity contribution is -0.126. The third-order valence-corrected chi connectivity index (χ3v) is 3.50. The van der Waals surface area contributed by atoms with Crippen molar-refractivity contribution < 1.29 is 9.53 Å². The zero-order chi connectivity index (χ0) is 14.5. The first-order valence-electron chi connectivity index (χ1n) is 7.22. The van der Waals surface area contributed by atoms with E-state index < -0.39 is 0 Å². The predicted octanol–water partition coefficient (Wildman–Crippen LogP) is 2.05. The molecular formula is C16H19N3O2. The Bertz CT molecular complexity index is 591. The summed E-state index contributed by atoms with van der Waals surface area (Å²) in [5, 5.41) is 2.87. The van der Waals surface area contributed by atoms with Gasteiger partial charge in [-0.15, -0.1) is 0 Å². The minimum atomic E-state index is -0.102. The van der Waals surface area contributed by atoms with Crippen LogP contribution >= 0.6 is 0 Å². The fraction of sp³-hybridized carbons (Fsp3) is 0.375. The number of nitrogens with zero attached hydrogens (tertiary/aromatic N) is 2. The standard InChI is InChI=1S/C16H19N3O2/c20-16(11-21-10-13-4-2-1-3-5-13)18-9-15-8-17-12-19(15)14-6-7-14/h1-5,8,12,14H,6-7,9-11H2,(H,18,20). The first-order valence-corrected chi connectivity index (χ1v) is 7.22. The van der Waals surface area contributed by atoms with Crippen LogP contribution in [0.3, 0.4) is 0 Å². The molecule has 0 unspecified atom stereocenters. The monoisotopic (exact) mass is 285 g/mol. The van der Waals surface area contributed by atoms with Crippen molar-refractivity contribution in [3.05, 3.63) is 54.1 Å². The third kappa shape index (κ3) is 3.92. The number of amides is 1. The van der Waals surface area contributed by atoms with E-state index in [4.69, 9.17) is 4.74 Å². The number of nitrogens with one attached hydrogen (secondary N) is 1. The van der Waals surface area contributed by atoms with E-state index in [0.29, 0.717) is 19.2 Å². The fourth-order valence-corrected chi connectivity index (χ4v) is 2.23. The van der Waals surface area contributed by atoms with Gasteiger partial charge >= 0.3 is 0 Å². The van der Waals surface area contributed by atoms with Crippen LogP contribution in [0, 0.1) is 0 Å². The Morgan fingerprint density at radius 1 is 1.33 bits per heavy atom. The summed E-state index contributed by atoms with van der Waals surface area (Å²) in [5.74, 6) is -0.102. The summed E-state index contributed by atoms with van der Waals surface area (Å²) in [5.41, 5.74) is 2.12. The van der Waals surface area contributed by atoms with Crippen LogP contribution in [0.5, 0.6) is 0 Å². The minimum absolute atomic E-state index is 0.0759. The third-order valence-electron chi connectivity index (χ3n) is 3.50. The molecule has 1 amide bonds. The molecule has 1 heterocycles. The highest BCUT2D eigenvalue weighted by molar-refractivity contribution is 5.77. The molecule has 5 heteroatoms. The van der Waals surface area contributed by atoms with E-state index in [0.717, 1.165) is 11.3 Å². The van der Waals surface area contributed by atoms with Crippen LogP contribution in [0.15, 0.2) is 42.9 Å². The molecule has 1 fully saturated rings. The van der Waals surface area contributed by atoms with Crippen LogP contribution in [-0.2, 0) is 22.7 Å². The molecular weight excluding hydrogens is 266 g/mol. The predicted molar refractivity (Wildman–Crippen MR) is 78.4 cm³/mol. The number of imidazole rings is 1. The maximum absolute atomic E-state index is 11.8. The first kappa shape index (κ1) is 13.8. The van der Waals surface area contributed by atoms with Crippen molar-refractivity contribution in [3.63, 3.8) is 0 Å². The molecule has 1 N–H and O–H groups in total. The van der Waals surface area contributed by atoms with Gasteiger partial charge in [0.15, 0.2) is 0 Å². The average Bonchev–Trinajstić information content (AvgIpc) is 3.25. The van der Waals surface area contributed by atoms with Crippen molar-refractivity contribution in [1.82, 2.24) is 14.9 Å². The summed E-state index contributed by atoms with van der Waals surface area (Å²) in [7, 11) is 0. The summed E-state index contributed by atoms with van der Waals surface area (Å²) in [6.07, 6.45) is 6.06. The molecule has 0 atom stereocenters. The summed E-state index contributed by atoms with van der Waals surface area (Å²) >= 11 is 0. The number of carbonyl (C=O) groups is 1. The maximum atomic E-state index is 11.8. The number of benzene rings is 1. The van der Waals surface area contributed by atoms with Crippen LogP contribution in [0.2, 0.25) is 0 Å². The van der Waals surface area contributed by atoms with Gasteiger partial charge in [-0.05, 0) is 18.4 Å². The highest BCUT2D eigenvalue weighted by Gasteiger charge is 2.25. The molecule has 1 aliphatic rings. The van der Waals surface area contributed by atoms with Gasteiger partial charge in [0.05, 0.1) is 25.2 Å². The Morgan fingerprint density at radius 3 is 2.90 bits per heavy atom. The number of ether oxygens (including phenoxy) is 1. The molecule has 110 valence electrons. The van der Waals surface area contributed by atoms with Crippen LogP contribution in [0.4, 0.5) is 0 Å². The van der Waals surface area contributed by atoms with E-state index in [1.54, 1.807) is 0 Å². The Balaban J connectivity index is 1.39. The van der Waals surface area contributed by atoms with Crippen molar-refractivity contribution in [1.29, 1.82) is 0 Å². The summed E-state index contributed by atoms with van der Waals surface area (Å²) in [6.45, 7) is 1.03. The lowest BCUT2D eigenvalue weighted by atomic mass is 10.2. The molecule has 1 aromatic heterocycles. The molecule has 0 radical (unpaired) electrons. The van der Waals surface area contributed by atoms with E-state index >= 15 is 0 Å². The molecule has 1 saturated carbocycles. The second-order valence-electron chi connectivity index (χ2n) is 5.28. The Labute approximate surface area is 124 Å². The van der Waals surface area contributed by atoms with Crippen molar-refractivity contribution in [3.8, 4) is 0 Å². The second kappa shape index (κ2) is 6.54. The largest absolute Gasteiger partial charge is 0.367 e. The van der Waals surface area contributed by atoms with E-state index in [1.165, 1.54) is 12.8 Å². The van der Waals surface area contributed by atoms with E-state index in [1.807, 2.05) is 42.9 Å². The number of hydrogen-bond acceptors (Lipinski definition) is 3. The number of carbonyl (C=O) groups excluding carboxylic acids is 1. The second-order valence-corrected chi connectivity index (χ2v) is 5.28. The van der Waals surface area contributed by atoms with E-state index in [-0.39, 0.29) is 12.5 Å². The van der Waals surface area contributed by atoms with E-state index in [9.17, 15) is 4.79 Å². The summed E-state index contributed by atoms with van der Waals surface area (Å²) in [6, 6.07) is 10.4. The van der Waals surface area contributed by atoms with Gasteiger partial charge in [0.1, 0.15) is 6.61 Å². The molecule has 1 aliphatic carbocycles. The lowest BCUT2D eigenvalue weighted by Gasteiger charge is -2.08. The maximum Gasteiger partial charge on any atom is 0.246 e. The molecule has 0 bridgehead atoms. The van der Waals surface area contributed by atoms with Gasteiger partial charge < -0.3 is 14.6 Å². The molecule has 1 aromatic carbocycles. The van der Waals surface area contributed by atoms with Gasteiger partial charge in [-0.25, -0.2) is 4.98 Å². The molecule has 0 spiro atoms. The molecule has 0 aliphatic heterocycles. The molecule has 3 rings (SSSR count). The Kier molecular flexibility index (Phi) is 4.31. The topological polar surface area (TPSA) is 56.1 Å². The molecule has 21 heavy (non-hydrogen) atoms. The zero-order valence-corrected chi connectivity index (χ0v) is 11.9. The Hall–Kier alpha value is -2.14. The van der Waals surface area contributed by atoms with Gasteiger partial charge in [0.25, 0.3) is 0 Å². The number of aromatic nitrogens is 2. The van der Waals surface area contributed by atoms with E-state index in [2.05, 4.69) is 14.9 Å². The van der Waals surface area contributed by atoms with Crippen LogP contribution in [0.25, 0.3) is 0 Å². The molecule has 0 saturated heterocycles. The SMILES string of the molecule is O=C(COCc1ccccc1)NCc1cncn1C1CC1. The van der Waals surface area contributed by atoms with Crippen molar-refractivity contribution >= 4 is 5.91 Å². The lowest BCUT2D eigenvalue weighted by Crippen LogP contribution is -2.28. The van der Waals surface area contributed by atoms with Crippen LogP contribution in [0.1, 0.15) is 30.1 Å². The average molecular weight is 285 g/mol. The van der Waals surface area contributed by atoms with Crippen molar-refractivity contribution in [2.45, 2.75) is 32.0 Å².